The van der Waals surface area contributed by atoms with Crippen LogP contribution in [0.3, 0.4) is 0 Å². The van der Waals surface area contributed by atoms with E-state index in [0.717, 1.165) is 37.6 Å². The summed E-state index contributed by atoms with van der Waals surface area (Å²) < 4.78 is 13.0. The number of rotatable bonds is 4. The van der Waals surface area contributed by atoms with E-state index in [1.54, 1.807) is 12.1 Å². The molecule has 1 N–H and O–H groups in total. The van der Waals surface area contributed by atoms with E-state index in [2.05, 4.69) is 22.0 Å². The molecule has 0 aliphatic carbocycles. The highest BCUT2D eigenvalue weighted by atomic mass is 19.1. The number of anilines is 2. The van der Waals surface area contributed by atoms with Gasteiger partial charge in [0.1, 0.15) is 5.82 Å². The molecular weight excluding hydrogens is 317 g/mol. The van der Waals surface area contributed by atoms with E-state index in [4.69, 9.17) is 0 Å². The Morgan fingerprint density at radius 2 is 1.68 bits per heavy atom. The average molecular weight is 341 g/mol. The van der Waals surface area contributed by atoms with Crippen molar-refractivity contribution in [3.8, 4) is 0 Å². The third-order valence-corrected chi connectivity index (χ3v) is 4.72. The Morgan fingerprint density at radius 3 is 2.32 bits per heavy atom. The first-order valence-corrected chi connectivity index (χ1v) is 8.61. The second-order valence-electron chi connectivity index (χ2n) is 6.59. The maximum absolute atomic E-state index is 13.0. The van der Waals surface area contributed by atoms with Crippen molar-refractivity contribution in [2.75, 3.05) is 42.9 Å². The van der Waals surface area contributed by atoms with Gasteiger partial charge in [0.15, 0.2) is 0 Å². The van der Waals surface area contributed by atoms with Crippen LogP contribution in [0.2, 0.25) is 0 Å². The molecule has 132 valence electrons. The summed E-state index contributed by atoms with van der Waals surface area (Å²) in [7, 11) is 0. The topological polar surface area (TPSA) is 35.6 Å². The van der Waals surface area contributed by atoms with Crippen molar-refractivity contribution in [3.63, 3.8) is 0 Å². The number of hydrogen-bond donors (Lipinski definition) is 1. The van der Waals surface area contributed by atoms with E-state index in [9.17, 15) is 9.18 Å². The van der Waals surface area contributed by atoms with Gasteiger partial charge in [0.25, 0.3) is 0 Å². The molecule has 5 heteroatoms. The molecule has 0 saturated carbocycles. The minimum atomic E-state index is -0.217. The molecule has 3 rings (SSSR count). The zero-order valence-electron chi connectivity index (χ0n) is 14.8. The third-order valence-electron chi connectivity index (χ3n) is 4.72. The molecule has 0 bridgehead atoms. The Labute approximate surface area is 148 Å². The number of amides is 1. The normalized spacial score (nSPS) is 15.2. The number of carbonyl (C=O) groups excluding carboxylic acids is 1. The summed E-state index contributed by atoms with van der Waals surface area (Å²) in [5, 5.41) is 2.97. The van der Waals surface area contributed by atoms with Gasteiger partial charge in [-0.1, -0.05) is 6.07 Å². The SMILES string of the molecule is Cc1ccc(NC(=O)CN2CCN(c3ccc(F)cc3)CC2)cc1C. The summed E-state index contributed by atoms with van der Waals surface area (Å²) in [5.41, 5.74) is 4.26. The number of carbonyl (C=O) groups is 1. The first-order valence-electron chi connectivity index (χ1n) is 8.61. The summed E-state index contributed by atoms with van der Waals surface area (Å²) in [6.45, 7) is 7.80. The van der Waals surface area contributed by atoms with Crippen molar-refractivity contribution in [3.05, 3.63) is 59.4 Å². The predicted molar refractivity (Wildman–Crippen MR) is 99.6 cm³/mol. The third kappa shape index (κ3) is 4.57. The minimum Gasteiger partial charge on any atom is -0.369 e. The van der Waals surface area contributed by atoms with Gasteiger partial charge in [-0.3, -0.25) is 9.69 Å². The smallest absolute Gasteiger partial charge is 0.238 e. The lowest BCUT2D eigenvalue weighted by atomic mass is 10.1. The number of nitrogens with zero attached hydrogens (tertiary/aromatic N) is 2. The fourth-order valence-electron chi connectivity index (χ4n) is 3.04. The lowest BCUT2D eigenvalue weighted by molar-refractivity contribution is -0.117. The van der Waals surface area contributed by atoms with Gasteiger partial charge in [-0.05, 0) is 61.4 Å². The zero-order valence-corrected chi connectivity index (χ0v) is 14.8. The van der Waals surface area contributed by atoms with Crippen LogP contribution in [-0.2, 0) is 4.79 Å². The average Bonchev–Trinajstić information content (AvgIpc) is 2.60. The highest BCUT2D eigenvalue weighted by molar-refractivity contribution is 5.92. The van der Waals surface area contributed by atoms with Crippen molar-refractivity contribution in [2.45, 2.75) is 13.8 Å². The van der Waals surface area contributed by atoms with Crippen molar-refractivity contribution in [1.29, 1.82) is 0 Å². The number of hydrogen-bond acceptors (Lipinski definition) is 3. The van der Waals surface area contributed by atoms with Crippen LogP contribution in [0.5, 0.6) is 0 Å². The molecular formula is C20H24FN3O. The van der Waals surface area contributed by atoms with E-state index in [1.807, 2.05) is 25.1 Å². The molecule has 0 spiro atoms. The molecule has 1 aliphatic heterocycles. The van der Waals surface area contributed by atoms with Crippen LogP contribution in [0.4, 0.5) is 15.8 Å². The number of nitrogens with one attached hydrogen (secondary N) is 1. The Balaban J connectivity index is 1.49. The molecule has 1 fully saturated rings. The van der Waals surface area contributed by atoms with Gasteiger partial charge in [-0.15, -0.1) is 0 Å². The van der Waals surface area contributed by atoms with Crippen LogP contribution in [0, 0.1) is 19.7 Å². The fraction of sp³-hybridized carbons (Fsp3) is 0.350. The first-order chi connectivity index (χ1) is 12.0. The van der Waals surface area contributed by atoms with Gasteiger partial charge < -0.3 is 10.2 Å². The molecule has 1 aliphatic rings. The summed E-state index contributed by atoms with van der Waals surface area (Å²) >= 11 is 0. The molecule has 1 amide bonds. The molecule has 25 heavy (non-hydrogen) atoms. The Kier molecular flexibility index (Phi) is 5.34. The Morgan fingerprint density at radius 1 is 1.00 bits per heavy atom. The van der Waals surface area contributed by atoms with E-state index in [-0.39, 0.29) is 11.7 Å². The maximum atomic E-state index is 13.0. The summed E-state index contributed by atoms with van der Waals surface area (Å²) in [4.78, 5) is 16.6. The second kappa shape index (κ2) is 7.66. The molecule has 0 aromatic heterocycles. The minimum absolute atomic E-state index is 0.0125. The number of halogens is 1. The number of benzene rings is 2. The molecule has 0 radical (unpaired) electrons. The van der Waals surface area contributed by atoms with E-state index in [0.29, 0.717) is 6.54 Å². The molecule has 2 aromatic rings. The van der Waals surface area contributed by atoms with Crippen LogP contribution in [-0.4, -0.2) is 43.5 Å². The van der Waals surface area contributed by atoms with Crippen molar-refractivity contribution >= 4 is 17.3 Å². The first kappa shape index (κ1) is 17.4. The van der Waals surface area contributed by atoms with Crippen LogP contribution < -0.4 is 10.2 Å². The lowest BCUT2D eigenvalue weighted by Crippen LogP contribution is -2.48. The van der Waals surface area contributed by atoms with Crippen LogP contribution in [0.15, 0.2) is 42.5 Å². The Hall–Kier alpha value is -2.40. The molecule has 0 unspecified atom stereocenters. The van der Waals surface area contributed by atoms with Gasteiger partial charge in [0.2, 0.25) is 5.91 Å². The number of aryl methyl sites for hydroxylation is 2. The maximum Gasteiger partial charge on any atom is 0.238 e. The molecule has 2 aromatic carbocycles. The van der Waals surface area contributed by atoms with E-state index >= 15 is 0 Å². The second-order valence-corrected chi connectivity index (χ2v) is 6.59. The lowest BCUT2D eigenvalue weighted by Gasteiger charge is -2.35. The van der Waals surface area contributed by atoms with Gasteiger partial charge in [0, 0.05) is 37.6 Å². The van der Waals surface area contributed by atoms with Gasteiger partial charge in [-0.25, -0.2) is 4.39 Å². The highest BCUT2D eigenvalue weighted by Gasteiger charge is 2.19. The largest absolute Gasteiger partial charge is 0.369 e. The van der Waals surface area contributed by atoms with Gasteiger partial charge in [0.05, 0.1) is 6.54 Å². The summed E-state index contributed by atoms with van der Waals surface area (Å²) in [5.74, 6) is -0.205. The van der Waals surface area contributed by atoms with Crippen LogP contribution in [0.1, 0.15) is 11.1 Å². The standard InChI is InChI=1S/C20H24FN3O/c1-15-3-6-18(13-16(15)2)22-20(25)14-23-9-11-24(12-10-23)19-7-4-17(21)5-8-19/h3-8,13H,9-12,14H2,1-2H3,(H,22,25). The van der Waals surface area contributed by atoms with Gasteiger partial charge >= 0.3 is 0 Å². The molecule has 0 atom stereocenters. The van der Waals surface area contributed by atoms with Crippen molar-refractivity contribution in [1.82, 2.24) is 4.90 Å². The monoisotopic (exact) mass is 341 g/mol. The Bertz CT molecular complexity index is 737. The quantitative estimate of drug-likeness (QED) is 0.928. The summed E-state index contributed by atoms with van der Waals surface area (Å²) in [6, 6.07) is 12.5. The van der Waals surface area contributed by atoms with Crippen LogP contribution >= 0.6 is 0 Å². The van der Waals surface area contributed by atoms with Gasteiger partial charge in [-0.2, -0.15) is 0 Å². The van der Waals surface area contributed by atoms with Crippen molar-refractivity contribution < 1.29 is 9.18 Å². The number of piperazine rings is 1. The van der Waals surface area contributed by atoms with Crippen molar-refractivity contribution in [2.24, 2.45) is 0 Å². The predicted octanol–water partition coefficient (Wildman–Crippen LogP) is 3.20. The van der Waals surface area contributed by atoms with E-state index in [1.165, 1.54) is 23.3 Å². The molecule has 1 saturated heterocycles. The van der Waals surface area contributed by atoms with Crippen LogP contribution in [0.25, 0.3) is 0 Å². The zero-order chi connectivity index (χ0) is 17.8. The van der Waals surface area contributed by atoms with E-state index < -0.39 is 0 Å². The molecule has 1 heterocycles. The molecule has 4 nitrogen and oxygen atoms in total. The highest BCUT2D eigenvalue weighted by Crippen LogP contribution is 2.17. The summed E-state index contributed by atoms with van der Waals surface area (Å²) in [6.07, 6.45) is 0. The fourth-order valence-corrected chi connectivity index (χ4v) is 3.04.